The summed E-state index contributed by atoms with van der Waals surface area (Å²) >= 11 is 1.46. The van der Waals surface area contributed by atoms with Crippen molar-refractivity contribution in [3.05, 3.63) is 15.6 Å². The molecule has 6 heteroatoms. The first-order valence-corrected chi connectivity index (χ1v) is 7.39. The fraction of sp³-hybridized carbons (Fsp3) is 0.615. The van der Waals surface area contributed by atoms with Crippen molar-refractivity contribution in [3.63, 3.8) is 0 Å². The zero-order valence-corrected chi connectivity index (χ0v) is 12.3. The van der Waals surface area contributed by atoms with Crippen LogP contribution < -0.4 is 11.1 Å². The van der Waals surface area contributed by atoms with Crippen LogP contribution in [0.5, 0.6) is 0 Å². The molecule has 0 aromatic carbocycles. The number of aromatic nitrogens is 1. The normalized spacial score (nSPS) is 10.4. The van der Waals surface area contributed by atoms with E-state index in [1.54, 1.807) is 0 Å². The van der Waals surface area contributed by atoms with Crippen LogP contribution in [0.15, 0.2) is 0 Å². The van der Waals surface area contributed by atoms with Crippen LogP contribution in [0.3, 0.4) is 0 Å². The minimum Gasteiger partial charge on any atom is -0.370 e. The highest BCUT2D eigenvalue weighted by atomic mass is 32.1. The molecule has 1 aromatic rings. The SMILES string of the molecule is CCCCc1nc(C)c(C(=O)NCCCC(N)=O)s1. The number of hydrogen-bond acceptors (Lipinski definition) is 4. The second kappa shape index (κ2) is 7.89. The van der Waals surface area contributed by atoms with Gasteiger partial charge in [-0.1, -0.05) is 13.3 Å². The van der Waals surface area contributed by atoms with Crippen LogP contribution in [0.4, 0.5) is 0 Å². The Morgan fingerprint density at radius 3 is 2.74 bits per heavy atom. The zero-order chi connectivity index (χ0) is 14.3. The number of nitrogens with one attached hydrogen (secondary N) is 1. The molecule has 1 heterocycles. The van der Waals surface area contributed by atoms with Gasteiger partial charge < -0.3 is 11.1 Å². The van der Waals surface area contributed by atoms with Crippen molar-refractivity contribution < 1.29 is 9.59 Å². The Labute approximate surface area is 117 Å². The summed E-state index contributed by atoms with van der Waals surface area (Å²) < 4.78 is 0. The Kier molecular flexibility index (Phi) is 6.49. The molecule has 0 atom stereocenters. The first-order chi connectivity index (χ1) is 9.04. The highest BCUT2D eigenvalue weighted by molar-refractivity contribution is 7.13. The van der Waals surface area contributed by atoms with Gasteiger partial charge in [-0.3, -0.25) is 9.59 Å². The molecule has 1 rings (SSSR count). The smallest absolute Gasteiger partial charge is 0.263 e. The lowest BCUT2D eigenvalue weighted by atomic mass is 10.2. The third-order valence-corrected chi connectivity index (χ3v) is 3.89. The number of nitrogens with zero attached hydrogens (tertiary/aromatic N) is 1. The summed E-state index contributed by atoms with van der Waals surface area (Å²) in [5.41, 5.74) is 5.82. The molecule has 0 bridgehead atoms. The molecule has 0 radical (unpaired) electrons. The van der Waals surface area contributed by atoms with Crippen LogP contribution in [0, 0.1) is 6.92 Å². The van der Waals surface area contributed by atoms with Crippen LogP contribution in [0.25, 0.3) is 0 Å². The molecule has 1 aromatic heterocycles. The van der Waals surface area contributed by atoms with Crippen LogP contribution in [0.1, 0.15) is 53.0 Å². The first kappa shape index (κ1) is 15.6. The number of amides is 2. The van der Waals surface area contributed by atoms with Crippen molar-refractivity contribution in [1.82, 2.24) is 10.3 Å². The fourth-order valence-electron chi connectivity index (χ4n) is 1.64. The highest BCUT2D eigenvalue weighted by Crippen LogP contribution is 2.19. The average Bonchev–Trinajstić information content (AvgIpc) is 2.73. The Morgan fingerprint density at radius 2 is 2.11 bits per heavy atom. The van der Waals surface area contributed by atoms with Gasteiger partial charge in [0.2, 0.25) is 5.91 Å². The fourth-order valence-corrected chi connectivity index (χ4v) is 2.67. The summed E-state index contributed by atoms with van der Waals surface area (Å²) in [6.07, 6.45) is 4.00. The van der Waals surface area contributed by atoms with E-state index in [1.807, 2.05) is 6.92 Å². The second-order valence-electron chi connectivity index (χ2n) is 4.45. The highest BCUT2D eigenvalue weighted by Gasteiger charge is 2.14. The van der Waals surface area contributed by atoms with Gasteiger partial charge in [-0.05, 0) is 26.2 Å². The molecule has 0 aliphatic carbocycles. The molecule has 19 heavy (non-hydrogen) atoms. The molecule has 0 aliphatic rings. The maximum absolute atomic E-state index is 11.9. The van der Waals surface area contributed by atoms with E-state index in [0.717, 1.165) is 30.0 Å². The molecule has 0 unspecified atom stereocenters. The van der Waals surface area contributed by atoms with E-state index >= 15 is 0 Å². The predicted octanol–water partition coefficient (Wildman–Crippen LogP) is 1.79. The van der Waals surface area contributed by atoms with Gasteiger partial charge in [0.05, 0.1) is 10.7 Å². The summed E-state index contributed by atoms with van der Waals surface area (Å²) in [5, 5.41) is 3.80. The number of unbranched alkanes of at least 4 members (excludes halogenated alkanes) is 1. The van der Waals surface area contributed by atoms with Crippen molar-refractivity contribution in [3.8, 4) is 0 Å². The molecule has 106 valence electrons. The van der Waals surface area contributed by atoms with Crippen molar-refractivity contribution >= 4 is 23.2 Å². The largest absolute Gasteiger partial charge is 0.370 e. The maximum atomic E-state index is 11.9. The monoisotopic (exact) mass is 283 g/mol. The number of rotatable bonds is 8. The Hall–Kier alpha value is -1.43. The van der Waals surface area contributed by atoms with Crippen LogP contribution in [0.2, 0.25) is 0 Å². The minimum absolute atomic E-state index is 0.109. The molecular weight excluding hydrogens is 262 g/mol. The predicted molar refractivity (Wildman–Crippen MR) is 76.2 cm³/mol. The number of thiazole rings is 1. The number of primary amides is 1. The number of carbonyl (C=O) groups excluding carboxylic acids is 2. The third-order valence-electron chi connectivity index (χ3n) is 2.68. The van der Waals surface area contributed by atoms with Crippen molar-refractivity contribution in [2.24, 2.45) is 5.73 Å². The molecular formula is C13H21N3O2S. The van der Waals surface area contributed by atoms with Gasteiger partial charge >= 0.3 is 0 Å². The van der Waals surface area contributed by atoms with E-state index in [-0.39, 0.29) is 11.8 Å². The second-order valence-corrected chi connectivity index (χ2v) is 5.54. The number of aryl methyl sites for hydroxylation is 2. The molecule has 0 saturated carbocycles. The van der Waals surface area contributed by atoms with Crippen molar-refractivity contribution in [2.75, 3.05) is 6.54 Å². The number of hydrogen-bond donors (Lipinski definition) is 2. The van der Waals surface area contributed by atoms with Gasteiger partial charge in [0.1, 0.15) is 4.88 Å². The van der Waals surface area contributed by atoms with Gasteiger partial charge in [-0.2, -0.15) is 0 Å². The van der Waals surface area contributed by atoms with E-state index < -0.39 is 0 Å². The Morgan fingerprint density at radius 1 is 1.37 bits per heavy atom. The lowest BCUT2D eigenvalue weighted by molar-refractivity contribution is -0.118. The van der Waals surface area contributed by atoms with E-state index in [0.29, 0.717) is 24.3 Å². The quantitative estimate of drug-likeness (QED) is 0.713. The van der Waals surface area contributed by atoms with Gasteiger partial charge in [-0.25, -0.2) is 4.98 Å². The lowest BCUT2D eigenvalue weighted by Gasteiger charge is -2.02. The van der Waals surface area contributed by atoms with E-state index in [4.69, 9.17) is 5.73 Å². The van der Waals surface area contributed by atoms with E-state index in [9.17, 15) is 9.59 Å². The summed E-state index contributed by atoms with van der Waals surface area (Å²) in [7, 11) is 0. The maximum Gasteiger partial charge on any atom is 0.263 e. The van der Waals surface area contributed by atoms with Crippen LogP contribution in [-0.4, -0.2) is 23.3 Å². The lowest BCUT2D eigenvalue weighted by Crippen LogP contribution is -2.25. The molecule has 0 saturated heterocycles. The van der Waals surface area contributed by atoms with E-state index in [1.165, 1.54) is 11.3 Å². The van der Waals surface area contributed by atoms with Crippen molar-refractivity contribution in [1.29, 1.82) is 0 Å². The third kappa shape index (κ3) is 5.38. The summed E-state index contributed by atoms with van der Waals surface area (Å²) in [5.74, 6) is -0.452. The Bertz CT molecular complexity index is 443. The number of carbonyl (C=O) groups is 2. The minimum atomic E-state index is -0.343. The molecule has 0 fully saturated rings. The van der Waals surface area contributed by atoms with Crippen molar-refractivity contribution in [2.45, 2.75) is 46.0 Å². The molecule has 0 aliphatic heterocycles. The van der Waals surface area contributed by atoms with Gasteiger partial charge in [0, 0.05) is 13.0 Å². The van der Waals surface area contributed by atoms with Gasteiger partial charge in [0.25, 0.3) is 5.91 Å². The standard InChI is InChI=1S/C13H21N3O2S/c1-3-4-7-11-16-9(2)12(19-11)13(18)15-8-5-6-10(14)17/h3-8H2,1-2H3,(H2,14,17)(H,15,18). The van der Waals surface area contributed by atoms with Crippen LogP contribution >= 0.6 is 11.3 Å². The van der Waals surface area contributed by atoms with E-state index in [2.05, 4.69) is 17.2 Å². The zero-order valence-electron chi connectivity index (χ0n) is 11.5. The van der Waals surface area contributed by atoms with Crippen LogP contribution in [-0.2, 0) is 11.2 Å². The molecule has 2 amide bonds. The topological polar surface area (TPSA) is 85.1 Å². The van der Waals surface area contributed by atoms with Gasteiger partial charge in [-0.15, -0.1) is 11.3 Å². The number of nitrogens with two attached hydrogens (primary N) is 1. The summed E-state index contributed by atoms with van der Waals surface area (Å²) in [6, 6.07) is 0. The summed E-state index contributed by atoms with van der Waals surface area (Å²) in [4.78, 5) is 27.6. The Balaban J connectivity index is 2.47. The molecule has 3 N–H and O–H groups in total. The molecule has 0 spiro atoms. The molecule has 5 nitrogen and oxygen atoms in total. The first-order valence-electron chi connectivity index (χ1n) is 6.57. The average molecular weight is 283 g/mol. The summed E-state index contributed by atoms with van der Waals surface area (Å²) in [6.45, 7) is 4.44. The van der Waals surface area contributed by atoms with Gasteiger partial charge in [0.15, 0.2) is 0 Å².